The number of fused-ring (bicyclic) bond motifs is 5. The standard InChI is InChI=1S/C23H19N5/c1-14-10-11-20-17(13-14)22-21(16-7-3-4-9-19(16)25-22)23(26-20)28-27-15(2)18-8-5-6-12-24-18/h3-13,25H,1-2H3,(H,26,28)/b27-15+. The second-order valence-corrected chi connectivity index (χ2v) is 6.93. The maximum atomic E-state index is 4.87. The molecule has 136 valence electrons. The van der Waals surface area contributed by atoms with Gasteiger partial charge in [-0.15, -0.1) is 0 Å². The first-order valence-corrected chi connectivity index (χ1v) is 9.23. The molecule has 0 spiro atoms. The number of hydrazone groups is 1. The van der Waals surface area contributed by atoms with Gasteiger partial charge in [-0.05, 0) is 44.2 Å². The number of aryl methyl sites for hydroxylation is 1. The highest BCUT2D eigenvalue weighted by Crippen LogP contribution is 2.35. The number of hydrogen-bond acceptors (Lipinski definition) is 4. The number of benzene rings is 2. The van der Waals surface area contributed by atoms with Gasteiger partial charge in [0.2, 0.25) is 0 Å². The molecule has 0 saturated carbocycles. The molecule has 5 rings (SSSR count). The van der Waals surface area contributed by atoms with Crippen LogP contribution in [0.25, 0.3) is 32.7 Å². The molecule has 28 heavy (non-hydrogen) atoms. The molecule has 0 fully saturated rings. The molecular formula is C23H19N5. The van der Waals surface area contributed by atoms with Crippen molar-refractivity contribution < 1.29 is 0 Å². The molecule has 0 aliphatic rings. The number of pyridine rings is 2. The minimum absolute atomic E-state index is 0.735. The molecule has 0 aliphatic heterocycles. The van der Waals surface area contributed by atoms with Crippen LogP contribution in [0.3, 0.4) is 0 Å². The molecule has 0 saturated heterocycles. The summed E-state index contributed by atoms with van der Waals surface area (Å²) in [5, 5.41) is 7.84. The van der Waals surface area contributed by atoms with E-state index in [1.54, 1.807) is 6.20 Å². The van der Waals surface area contributed by atoms with Gasteiger partial charge in [-0.25, -0.2) is 4.98 Å². The molecule has 2 N–H and O–H groups in total. The zero-order valence-corrected chi connectivity index (χ0v) is 15.7. The second-order valence-electron chi connectivity index (χ2n) is 6.93. The van der Waals surface area contributed by atoms with E-state index >= 15 is 0 Å². The van der Waals surface area contributed by atoms with E-state index in [-0.39, 0.29) is 0 Å². The second kappa shape index (κ2) is 6.46. The van der Waals surface area contributed by atoms with Crippen molar-refractivity contribution >= 4 is 44.2 Å². The number of hydrogen-bond donors (Lipinski definition) is 2. The fourth-order valence-electron chi connectivity index (χ4n) is 3.57. The van der Waals surface area contributed by atoms with E-state index in [9.17, 15) is 0 Å². The lowest BCUT2D eigenvalue weighted by atomic mass is 10.1. The normalized spacial score (nSPS) is 12.1. The summed E-state index contributed by atoms with van der Waals surface area (Å²) < 4.78 is 0. The van der Waals surface area contributed by atoms with Crippen LogP contribution in [-0.4, -0.2) is 20.7 Å². The molecule has 0 bridgehead atoms. The van der Waals surface area contributed by atoms with Crippen molar-refractivity contribution in [1.29, 1.82) is 0 Å². The molecule has 3 aromatic heterocycles. The summed E-state index contributed by atoms with van der Waals surface area (Å²) in [6, 6.07) is 20.4. The third kappa shape index (κ3) is 2.68. The summed E-state index contributed by atoms with van der Waals surface area (Å²) in [5.74, 6) is 0.735. The fraction of sp³-hybridized carbons (Fsp3) is 0.0870. The number of nitrogens with one attached hydrogen (secondary N) is 2. The SMILES string of the molecule is C/C(=N\Nc1nc2ccc(C)cc2c2[nH]c3ccccc3c12)c1ccccn1. The Kier molecular flexibility index (Phi) is 3.79. The lowest BCUT2D eigenvalue weighted by Gasteiger charge is -2.08. The Balaban J connectivity index is 1.74. The summed E-state index contributed by atoms with van der Waals surface area (Å²) in [7, 11) is 0. The van der Waals surface area contributed by atoms with Crippen molar-refractivity contribution in [2.24, 2.45) is 5.10 Å². The minimum Gasteiger partial charge on any atom is -0.354 e. The Morgan fingerprint density at radius 3 is 2.71 bits per heavy atom. The van der Waals surface area contributed by atoms with E-state index in [1.165, 1.54) is 5.56 Å². The van der Waals surface area contributed by atoms with E-state index in [2.05, 4.69) is 57.8 Å². The van der Waals surface area contributed by atoms with Crippen LogP contribution in [-0.2, 0) is 0 Å². The largest absolute Gasteiger partial charge is 0.354 e. The van der Waals surface area contributed by atoms with Gasteiger partial charge < -0.3 is 4.98 Å². The molecule has 0 unspecified atom stereocenters. The summed E-state index contributed by atoms with van der Waals surface area (Å²) in [6.45, 7) is 4.03. The van der Waals surface area contributed by atoms with Gasteiger partial charge >= 0.3 is 0 Å². The third-order valence-corrected chi connectivity index (χ3v) is 4.96. The van der Waals surface area contributed by atoms with Crippen LogP contribution in [0.2, 0.25) is 0 Å². The zero-order valence-electron chi connectivity index (χ0n) is 15.7. The highest BCUT2D eigenvalue weighted by atomic mass is 15.3. The van der Waals surface area contributed by atoms with Crippen LogP contribution < -0.4 is 5.43 Å². The topological polar surface area (TPSA) is 66.0 Å². The predicted octanol–water partition coefficient (Wildman–Crippen LogP) is 5.41. The number of nitrogens with zero attached hydrogens (tertiary/aromatic N) is 3. The smallest absolute Gasteiger partial charge is 0.157 e. The summed E-state index contributed by atoms with van der Waals surface area (Å²) >= 11 is 0. The Bertz CT molecular complexity index is 1350. The molecule has 0 radical (unpaired) electrons. The van der Waals surface area contributed by atoms with Crippen molar-refractivity contribution in [3.05, 3.63) is 78.1 Å². The van der Waals surface area contributed by atoms with Crippen LogP contribution in [0.15, 0.2) is 72.0 Å². The average molecular weight is 365 g/mol. The van der Waals surface area contributed by atoms with Crippen LogP contribution in [0, 0.1) is 6.92 Å². The van der Waals surface area contributed by atoms with E-state index in [0.29, 0.717) is 0 Å². The fourth-order valence-corrected chi connectivity index (χ4v) is 3.57. The monoisotopic (exact) mass is 365 g/mol. The Hall–Kier alpha value is -3.73. The molecule has 5 aromatic rings. The zero-order chi connectivity index (χ0) is 19.1. The number of rotatable bonds is 3. The van der Waals surface area contributed by atoms with Gasteiger partial charge in [0.25, 0.3) is 0 Å². The van der Waals surface area contributed by atoms with Gasteiger partial charge in [-0.1, -0.05) is 35.9 Å². The molecular weight excluding hydrogens is 346 g/mol. The third-order valence-electron chi connectivity index (χ3n) is 4.96. The van der Waals surface area contributed by atoms with E-state index in [1.807, 2.05) is 37.3 Å². The maximum absolute atomic E-state index is 4.87. The lowest BCUT2D eigenvalue weighted by molar-refractivity contribution is 1.23. The first kappa shape index (κ1) is 16.4. The molecule has 5 heteroatoms. The minimum atomic E-state index is 0.735. The summed E-state index contributed by atoms with van der Waals surface area (Å²) in [5.41, 5.74) is 9.12. The van der Waals surface area contributed by atoms with Crippen molar-refractivity contribution in [1.82, 2.24) is 15.0 Å². The van der Waals surface area contributed by atoms with E-state index in [0.717, 1.165) is 49.9 Å². The van der Waals surface area contributed by atoms with Crippen LogP contribution in [0.5, 0.6) is 0 Å². The van der Waals surface area contributed by atoms with E-state index in [4.69, 9.17) is 4.98 Å². The quantitative estimate of drug-likeness (QED) is 0.332. The number of anilines is 1. The van der Waals surface area contributed by atoms with Crippen molar-refractivity contribution in [3.8, 4) is 0 Å². The predicted molar refractivity (Wildman–Crippen MR) is 116 cm³/mol. The highest BCUT2D eigenvalue weighted by molar-refractivity contribution is 6.20. The average Bonchev–Trinajstić information content (AvgIpc) is 3.13. The number of para-hydroxylation sites is 1. The van der Waals surface area contributed by atoms with Gasteiger partial charge in [0.15, 0.2) is 5.82 Å². The number of aromatic nitrogens is 3. The highest BCUT2D eigenvalue weighted by Gasteiger charge is 2.14. The van der Waals surface area contributed by atoms with Gasteiger partial charge in [-0.3, -0.25) is 10.4 Å². The van der Waals surface area contributed by atoms with Crippen LogP contribution in [0.1, 0.15) is 18.2 Å². The number of aromatic amines is 1. The van der Waals surface area contributed by atoms with Gasteiger partial charge in [0.05, 0.1) is 27.8 Å². The summed E-state index contributed by atoms with van der Waals surface area (Å²) in [6.07, 6.45) is 1.77. The molecule has 0 atom stereocenters. The molecule has 5 nitrogen and oxygen atoms in total. The number of H-pyrrole nitrogens is 1. The Morgan fingerprint density at radius 2 is 1.86 bits per heavy atom. The molecule has 2 aromatic carbocycles. The summed E-state index contributed by atoms with van der Waals surface area (Å²) in [4.78, 5) is 12.8. The van der Waals surface area contributed by atoms with Crippen molar-refractivity contribution in [2.45, 2.75) is 13.8 Å². The van der Waals surface area contributed by atoms with E-state index < -0.39 is 0 Å². The maximum Gasteiger partial charge on any atom is 0.157 e. The molecule has 3 heterocycles. The molecule has 0 amide bonds. The van der Waals surface area contributed by atoms with Crippen LogP contribution >= 0.6 is 0 Å². The van der Waals surface area contributed by atoms with Gasteiger partial charge in [0, 0.05) is 22.5 Å². The first-order chi connectivity index (χ1) is 13.7. The van der Waals surface area contributed by atoms with Gasteiger partial charge in [0.1, 0.15) is 0 Å². The first-order valence-electron chi connectivity index (χ1n) is 9.23. The van der Waals surface area contributed by atoms with Crippen molar-refractivity contribution in [3.63, 3.8) is 0 Å². The Morgan fingerprint density at radius 1 is 1.00 bits per heavy atom. The van der Waals surface area contributed by atoms with Crippen molar-refractivity contribution in [2.75, 3.05) is 5.43 Å². The Labute approximate surface area is 162 Å². The lowest BCUT2D eigenvalue weighted by Crippen LogP contribution is -2.03. The van der Waals surface area contributed by atoms with Crippen LogP contribution in [0.4, 0.5) is 5.82 Å². The van der Waals surface area contributed by atoms with Gasteiger partial charge in [-0.2, -0.15) is 5.10 Å². The molecule has 0 aliphatic carbocycles.